The molecule has 0 amide bonds. The van der Waals surface area contributed by atoms with Gasteiger partial charge in [-0.3, -0.25) is 0 Å². The fourth-order valence-corrected chi connectivity index (χ4v) is 3.90. The van der Waals surface area contributed by atoms with Crippen LogP contribution in [-0.2, 0) is 4.74 Å². The Morgan fingerprint density at radius 1 is 0.971 bits per heavy atom. The lowest BCUT2D eigenvalue weighted by molar-refractivity contribution is -0.0696. The largest absolute Gasteiger partial charge is 0.491 e. The second-order valence-corrected chi connectivity index (χ2v) is 8.44. The van der Waals surface area contributed by atoms with E-state index in [1.54, 1.807) is 0 Å². The molecule has 2 unspecified atom stereocenters. The molecule has 9 heteroatoms. The topological polar surface area (TPSA) is 18.5 Å². The highest BCUT2D eigenvalue weighted by molar-refractivity contribution is 5.89. The first-order chi connectivity index (χ1) is 16.5. The van der Waals surface area contributed by atoms with Gasteiger partial charge < -0.3 is 9.47 Å². The number of rotatable bonds is 4. The summed E-state index contributed by atoms with van der Waals surface area (Å²) in [6, 6.07) is 6.20. The third kappa shape index (κ3) is 5.70. The SMILES string of the molecule is CC1CCC(COc2cc(F)c(-c3ccc4c(F)c(C#CC(F)(F)F)c(F)cc4c3)c(F)c2)OC1. The monoisotopic (exact) mass is 496 g/mol. The Bertz CT molecular complexity index is 1290. The first-order valence-electron chi connectivity index (χ1n) is 10.8. The van der Waals surface area contributed by atoms with Crippen molar-refractivity contribution >= 4 is 10.8 Å². The van der Waals surface area contributed by atoms with Crippen molar-refractivity contribution in [1.29, 1.82) is 0 Å². The van der Waals surface area contributed by atoms with Gasteiger partial charge in [-0.1, -0.05) is 25.0 Å². The molecule has 35 heavy (non-hydrogen) atoms. The van der Waals surface area contributed by atoms with Crippen molar-refractivity contribution in [3.63, 3.8) is 0 Å². The molecule has 2 nitrogen and oxygen atoms in total. The van der Waals surface area contributed by atoms with Crippen molar-refractivity contribution in [2.24, 2.45) is 5.92 Å². The molecule has 3 aromatic rings. The lowest BCUT2D eigenvalue weighted by Crippen LogP contribution is -2.29. The minimum absolute atomic E-state index is 0.0171. The highest BCUT2D eigenvalue weighted by Gasteiger charge is 2.24. The minimum atomic E-state index is -4.93. The van der Waals surface area contributed by atoms with Crippen LogP contribution in [0.3, 0.4) is 0 Å². The summed E-state index contributed by atoms with van der Waals surface area (Å²) in [5.74, 6) is -1.83. The van der Waals surface area contributed by atoms with Crippen LogP contribution >= 0.6 is 0 Å². The number of hydrogen-bond acceptors (Lipinski definition) is 2. The summed E-state index contributed by atoms with van der Waals surface area (Å²) in [5.41, 5.74) is -1.50. The molecule has 4 rings (SSSR count). The highest BCUT2D eigenvalue weighted by Crippen LogP contribution is 2.34. The normalized spacial score (nSPS) is 18.3. The van der Waals surface area contributed by atoms with Crippen molar-refractivity contribution in [2.45, 2.75) is 32.0 Å². The molecule has 3 aromatic carbocycles. The highest BCUT2D eigenvalue weighted by atomic mass is 19.4. The van der Waals surface area contributed by atoms with E-state index in [9.17, 15) is 30.7 Å². The Morgan fingerprint density at radius 2 is 1.69 bits per heavy atom. The molecule has 0 N–H and O–H groups in total. The average Bonchev–Trinajstić information content (AvgIpc) is 2.77. The van der Waals surface area contributed by atoms with Crippen LogP contribution in [0, 0.1) is 41.0 Å². The summed E-state index contributed by atoms with van der Waals surface area (Å²) in [4.78, 5) is 0. The maximum atomic E-state index is 14.8. The van der Waals surface area contributed by atoms with E-state index in [4.69, 9.17) is 9.47 Å². The Balaban J connectivity index is 1.61. The lowest BCUT2D eigenvalue weighted by atomic mass is 9.98. The number of ether oxygens (including phenoxy) is 2. The van der Waals surface area contributed by atoms with Crippen LogP contribution in [0.25, 0.3) is 21.9 Å². The maximum absolute atomic E-state index is 14.8. The minimum Gasteiger partial charge on any atom is -0.491 e. The summed E-state index contributed by atoms with van der Waals surface area (Å²) in [5, 5.41) is -0.345. The quantitative estimate of drug-likeness (QED) is 0.282. The van der Waals surface area contributed by atoms with Crippen molar-refractivity contribution in [1.82, 2.24) is 0 Å². The van der Waals surface area contributed by atoms with E-state index in [-0.39, 0.29) is 34.8 Å². The zero-order valence-corrected chi connectivity index (χ0v) is 18.4. The molecular weight excluding hydrogens is 477 g/mol. The Labute approximate surface area is 196 Å². The summed E-state index contributed by atoms with van der Waals surface area (Å²) in [7, 11) is 0. The average molecular weight is 496 g/mol. The molecular formula is C26H19F7O2. The van der Waals surface area contributed by atoms with Crippen molar-refractivity contribution in [3.8, 4) is 28.7 Å². The van der Waals surface area contributed by atoms with E-state index in [1.165, 1.54) is 12.0 Å². The van der Waals surface area contributed by atoms with Gasteiger partial charge in [0.25, 0.3) is 0 Å². The van der Waals surface area contributed by atoms with Gasteiger partial charge in [0.05, 0.1) is 17.2 Å². The van der Waals surface area contributed by atoms with Crippen LogP contribution < -0.4 is 4.74 Å². The molecule has 0 saturated carbocycles. The lowest BCUT2D eigenvalue weighted by Gasteiger charge is -2.26. The van der Waals surface area contributed by atoms with Crippen molar-refractivity contribution in [3.05, 3.63) is 65.2 Å². The molecule has 1 saturated heterocycles. The van der Waals surface area contributed by atoms with E-state index in [0.717, 1.165) is 49.1 Å². The summed E-state index contributed by atoms with van der Waals surface area (Å²) in [6.07, 6.45) is -3.36. The standard InChI is InChI=1S/C26H19F7O2/c1-14-2-4-17(34-12-14)13-35-18-10-22(28)24(23(29)11-18)15-3-5-19-16(8-15)9-21(27)20(25(19)30)6-7-26(31,32)33/h3,5,8-11,14,17H,2,4,12-13H2,1H3. The van der Waals surface area contributed by atoms with E-state index in [0.29, 0.717) is 12.5 Å². The summed E-state index contributed by atoms with van der Waals surface area (Å²) < 4.78 is 107. The second-order valence-electron chi connectivity index (χ2n) is 8.44. The number of halogens is 7. The van der Waals surface area contributed by atoms with Gasteiger partial charge in [0.2, 0.25) is 0 Å². The Hall–Kier alpha value is -3.25. The molecule has 1 aliphatic rings. The van der Waals surface area contributed by atoms with Crippen LogP contribution in [-0.4, -0.2) is 25.5 Å². The van der Waals surface area contributed by atoms with Crippen molar-refractivity contribution in [2.75, 3.05) is 13.2 Å². The van der Waals surface area contributed by atoms with Crippen LogP contribution in [0.15, 0.2) is 36.4 Å². The molecule has 0 bridgehead atoms. The zero-order valence-electron chi connectivity index (χ0n) is 18.4. The third-order valence-electron chi connectivity index (χ3n) is 5.70. The number of fused-ring (bicyclic) bond motifs is 1. The Morgan fingerprint density at radius 3 is 2.31 bits per heavy atom. The van der Waals surface area contributed by atoms with Gasteiger partial charge >= 0.3 is 6.18 Å². The van der Waals surface area contributed by atoms with Gasteiger partial charge in [0.1, 0.15) is 35.6 Å². The number of alkyl halides is 3. The van der Waals surface area contributed by atoms with E-state index < -0.39 is 40.6 Å². The van der Waals surface area contributed by atoms with Gasteiger partial charge in [-0.05, 0) is 41.8 Å². The Kier molecular flexibility index (Phi) is 6.95. The van der Waals surface area contributed by atoms with E-state index in [2.05, 4.69) is 6.92 Å². The molecule has 0 spiro atoms. The smallest absolute Gasteiger partial charge is 0.458 e. The van der Waals surface area contributed by atoms with Crippen LogP contribution in [0.1, 0.15) is 25.3 Å². The number of benzene rings is 3. The molecule has 2 atom stereocenters. The fraction of sp³-hybridized carbons (Fsp3) is 0.308. The second kappa shape index (κ2) is 9.78. The molecule has 1 fully saturated rings. The van der Waals surface area contributed by atoms with Crippen LogP contribution in [0.2, 0.25) is 0 Å². The molecule has 0 aromatic heterocycles. The van der Waals surface area contributed by atoms with Gasteiger partial charge in [-0.2, -0.15) is 13.2 Å². The third-order valence-corrected chi connectivity index (χ3v) is 5.70. The number of hydrogen-bond donors (Lipinski definition) is 0. The molecule has 0 radical (unpaired) electrons. The van der Waals surface area contributed by atoms with Gasteiger partial charge in [0, 0.05) is 30.0 Å². The molecule has 0 aliphatic carbocycles. The van der Waals surface area contributed by atoms with E-state index in [1.807, 2.05) is 0 Å². The summed E-state index contributed by atoms with van der Waals surface area (Å²) >= 11 is 0. The van der Waals surface area contributed by atoms with Crippen LogP contribution in [0.4, 0.5) is 30.7 Å². The predicted octanol–water partition coefficient (Wildman–Crippen LogP) is 7.17. The predicted molar refractivity (Wildman–Crippen MR) is 116 cm³/mol. The summed E-state index contributed by atoms with van der Waals surface area (Å²) in [6.45, 7) is 2.80. The van der Waals surface area contributed by atoms with Crippen molar-refractivity contribution < 1.29 is 40.2 Å². The maximum Gasteiger partial charge on any atom is 0.458 e. The van der Waals surface area contributed by atoms with Crippen LogP contribution in [0.5, 0.6) is 5.75 Å². The van der Waals surface area contributed by atoms with Gasteiger partial charge in [0.15, 0.2) is 0 Å². The van der Waals surface area contributed by atoms with Gasteiger partial charge in [-0.15, -0.1) is 0 Å². The van der Waals surface area contributed by atoms with E-state index >= 15 is 0 Å². The molecule has 1 heterocycles. The first-order valence-corrected chi connectivity index (χ1v) is 10.8. The first kappa shape index (κ1) is 24.9. The molecule has 184 valence electrons. The zero-order chi connectivity index (χ0) is 25.3. The fourth-order valence-electron chi connectivity index (χ4n) is 3.90. The molecule has 1 aliphatic heterocycles. The van der Waals surface area contributed by atoms with Gasteiger partial charge in [-0.25, -0.2) is 17.6 Å².